The maximum atomic E-state index is 12.7. The normalized spacial score (nSPS) is 11.3. The monoisotopic (exact) mass is 482 g/mol. The molecule has 2 aromatic heterocycles. The van der Waals surface area contributed by atoms with Crippen LogP contribution in [0.1, 0.15) is 27.7 Å². The minimum Gasteiger partial charge on any atom is -0.497 e. The van der Waals surface area contributed by atoms with Crippen molar-refractivity contribution in [1.82, 2.24) is 15.5 Å². The van der Waals surface area contributed by atoms with Crippen LogP contribution in [0.4, 0.5) is 5.69 Å². The number of sulfonamides is 1. The summed E-state index contributed by atoms with van der Waals surface area (Å²) in [5.41, 5.74) is 1.63. The van der Waals surface area contributed by atoms with Crippen LogP contribution in [0.5, 0.6) is 5.75 Å². The van der Waals surface area contributed by atoms with Crippen molar-refractivity contribution in [3.63, 3.8) is 0 Å². The number of nitrogens with one attached hydrogen (secondary N) is 2. The summed E-state index contributed by atoms with van der Waals surface area (Å²) in [6.07, 6.45) is 0. The second kappa shape index (κ2) is 9.40. The SMILES string of the molecule is COc1ccc(S(=O)(=O)Nc2cccc(-c3nc(CNC(=O)c4cc(C)on4)c(C)o3)c2)cc1. The molecular formula is C23H22N4O6S. The fourth-order valence-corrected chi connectivity index (χ4v) is 4.18. The van der Waals surface area contributed by atoms with E-state index in [1.165, 1.54) is 25.3 Å². The number of oxazole rings is 1. The molecule has 0 radical (unpaired) electrons. The highest BCUT2D eigenvalue weighted by atomic mass is 32.2. The van der Waals surface area contributed by atoms with Crippen molar-refractivity contribution in [1.29, 1.82) is 0 Å². The molecule has 0 spiro atoms. The number of carbonyl (C=O) groups excluding carboxylic acids is 1. The zero-order valence-electron chi connectivity index (χ0n) is 18.7. The first-order valence-corrected chi connectivity index (χ1v) is 11.7. The Kier molecular flexibility index (Phi) is 6.37. The number of hydrogen-bond acceptors (Lipinski definition) is 8. The predicted octanol–water partition coefficient (Wildman–Crippen LogP) is 3.69. The van der Waals surface area contributed by atoms with Gasteiger partial charge in [0, 0.05) is 17.3 Å². The molecule has 0 atom stereocenters. The van der Waals surface area contributed by atoms with Crippen LogP contribution < -0.4 is 14.8 Å². The van der Waals surface area contributed by atoms with E-state index < -0.39 is 15.9 Å². The molecule has 0 saturated carbocycles. The van der Waals surface area contributed by atoms with Crippen LogP contribution in [0.15, 0.2) is 68.4 Å². The van der Waals surface area contributed by atoms with Gasteiger partial charge in [0.05, 0.1) is 18.6 Å². The van der Waals surface area contributed by atoms with E-state index in [1.54, 1.807) is 50.2 Å². The lowest BCUT2D eigenvalue weighted by Gasteiger charge is -2.09. The molecular weight excluding hydrogens is 460 g/mol. The van der Waals surface area contributed by atoms with Gasteiger partial charge in [-0.05, 0) is 56.3 Å². The molecule has 11 heteroatoms. The van der Waals surface area contributed by atoms with Gasteiger partial charge in [0.15, 0.2) is 5.69 Å². The van der Waals surface area contributed by atoms with E-state index >= 15 is 0 Å². The lowest BCUT2D eigenvalue weighted by atomic mass is 10.2. The molecule has 0 saturated heterocycles. The Labute approximate surface area is 196 Å². The molecule has 0 aliphatic carbocycles. The number of benzene rings is 2. The second-order valence-electron chi connectivity index (χ2n) is 7.39. The van der Waals surface area contributed by atoms with Gasteiger partial charge >= 0.3 is 0 Å². The number of rotatable bonds is 8. The summed E-state index contributed by atoms with van der Waals surface area (Å²) in [6, 6.07) is 14.3. The Morgan fingerprint density at radius 3 is 2.53 bits per heavy atom. The Morgan fingerprint density at radius 1 is 1.09 bits per heavy atom. The van der Waals surface area contributed by atoms with Gasteiger partial charge in [0.1, 0.15) is 23.0 Å². The second-order valence-corrected chi connectivity index (χ2v) is 9.07. The fraction of sp³-hybridized carbons (Fsp3) is 0.174. The number of hydrogen-bond donors (Lipinski definition) is 2. The molecule has 0 bridgehead atoms. The third-order valence-corrected chi connectivity index (χ3v) is 6.30. The largest absolute Gasteiger partial charge is 0.497 e. The van der Waals surface area contributed by atoms with Crippen molar-refractivity contribution in [3.8, 4) is 17.2 Å². The number of ether oxygens (including phenoxy) is 1. The zero-order chi connectivity index (χ0) is 24.3. The Balaban J connectivity index is 1.48. The van der Waals surface area contributed by atoms with E-state index in [2.05, 4.69) is 20.2 Å². The first kappa shape index (κ1) is 23.1. The molecule has 2 aromatic carbocycles. The molecule has 0 aliphatic heterocycles. The van der Waals surface area contributed by atoms with E-state index in [0.717, 1.165) is 0 Å². The molecule has 1 amide bonds. The number of aromatic nitrogens is 2. The van der Waals surface area contributed by atoms with Gasteiger partial charge in [-0.15, -0.1) is 0 Å². The standard InChI is InChI=1S/C23H22N4O6S/c1-14-11-20(26-33-14)22(28)24-13-21-15(2)32-23(25-21)16-5-4-6-17(12-16)27-34(29,30)19-9-7-18(31-3)8-10-19/h4-12,27H,13H2,1-3H3,(H,24,28). The van der Waals surface area contributed by atoms with Gasteiger partial charge < -0.3 is 19.0 Å². The first-order valence-electron chi connectivity index (χ1n) is 10.2. The van der Waals surface area contributed by atoms with Gasteiger partial charge in [-0.2, -0.15) is 0 Å². The van der Waals surface area contributed by atoms with Crippen molar-refractivity contribution < 1.29 is 26.9 Å². The molecule has 4 aromatic rings. The van der Waals surface area contributed by atoms with E-state index in [-0.39, 0.29) is 17.1 Å². The highest BCUT2D eigenvalue weighted by molar-refractivity contribution is 7.92. The van der Waals surface area contributed by atoms with Crippen LogP contribution >= 0.6 is 0 Å². The summed E-state index contributed by atoms with van der Waals surface area (Å²) < 4.78 is 43.7. The van der Waals surface area contributed by atoms with Crippen molar-refractivity contribution in [2.45, 2.75) is 25.3 Å². The predicted molar refractivity (Wildman–Crippen MR) is 123 cm³/mol. The average molecular weight is 483 g/mol. The first-order chi connectivity index (χ1) is 16.2. The molecule has 0 unspecified atom stereocenters. The highest BCUT2D eigenvalue weighted by Gasteiger charge is 2.17. The quantitative estimate of drug-likeness (QED) is 0.388. The molecule has 2 heterocycles. The summed E-state index contributed by atoms with van der Waals surface area (Å²) >= 11 is 0. The zero-order valence-corrected chi connectivity index (χ0v) is 19.5. The molecule has 0 aliphatic rings. The van der Waals surface area contributed by atoms with Crippen molar-refractivity contribution in [2.24, 2.45) is 0 Å². The number of nitrogens with zero attached hydrogens (tertiary/aromatic N) is 2. The van der Waals surface area contributed by atoms with Crippen molar-refractivity contribution in [2.75, 3.05) is 11.8 Å². The van der Waals surface area contributed by atoms with Crippen LogP contribution in [0.3, 0.4) is 0 Å². The van der Waals surface area contributed by atoms with Gasteiger partial charge in [-0.1, -0.05) is 11.2 Å². The number of amides is 1. The lowest BCUT2D eigenvalue weighted by Crippen LogP contribution is -2.23. The Bertz CT molecular complexity index is 1420. The van der Waals surface area contributed by atoms with Crippen LogP contribution in [-0.2, 0) is 16.6 Å². The average Bonchev–Trinajstić information content (AvgIpc) is 3.43. The summed E-state index contributed by atoms with van der Waals surface area (Å²) in [6.45, 7) is 3.56. The third kappa shape index (κ3) is 5.09. The molecule has 176 valence electrons. The highest BCUT2D eigenvalue weighted by Crippen LogP contribution is 2.26. The Hall–Kier alpha value is -4.12. The van der Waals surface area contributed by atoms with Crippen molar-refractivity contribution in [3.05, 3.63) is 77.5 Å². The molecule has 2 N–H and O–H groups in total. The number of carbonyl (C=O) groups is 1. The van der Waals surface area contributed by atoms with E-state index in [0.29, 0.717) is 40.1 Å². The Morgan fingerprint density at radius 2 is 1.85 bits per heavy atom. The summed E-state index contributed by atoms with van der Waals surface area (Å²) in [7, 11) is -2.29. The van der Waals surface area contributed by atoms with Crippen LogP contribution in [0.25, 0.3) is 11.5 Å². The van der Waals surface area contributed by atoms with Crippen molar-refractivity contribution >= 4 is 21.6 Å². The minimum absolute atomic E-state index is 0.103. The van der Waals surface area contributed by atoms with E-state index in [4.69, 9.17) is 13.7 Å². The van der Waals surface area contributed by atoms with E-state index in [1.807, 2.05) is 0 Å². The maximum Gasteiger partial charge on any atom is 0.273 e. The topological polar surface area (TPSA) is 137 Å². The summed E-state index contributed by atoms with van der Waals surface area (Å²) in [5, 5.41) is 6.40. The summed E-state index contributed by atoms with van der Waals surface area (Å²) in [5.74, 6) is 1.52. The van der Waals surface area contributed by atoms with Crippen LogP contribution in [-0.4, -0.2) is 31.6 Å². The van der Waals surface area contributed by atoms with Gasteiger partial charge in [0.25, 0.3) is 15.9 Å². The number of methoxy groups -OCH3 is 1. The molecule has 0 fully saturated rings. The smallest absolute Gasteiger partial charge is 0.273 e. The van der Waals surface area contributed by atoms with Gasteiger partial charge in [-0.25, -0.2) is 13.4 Å². The number of aryl methyl sites for hydroxylation is 2. The third-order valence-electron chi connectivity index (χ3n) is 4.90. The van der Waals surface area contributed by atoms with Crippen LogP contribution in [0, 0.1) is 13.8 Å². The summed E-state index contributed by atoms with van der Waals surface area (Å²) in [4.78, 5) is 16.7. The molecule has 34 heavy (non-hydrogen) atoms. The minimum atomic E-state index is -3.80. The van der Waals surface area contributed by atoms with Gasteiger partial charge in [0.2, 0.25) is 5.89 Å². The van der Waals surface area contributed by atoms with Gasteiger partial charge in [-0.3, -0.25) is 9.52 Å². The number of anilines is 1. The molecule has 10 nitrogen and oxygen atoms in total. The van der Waals surface area contributed by atoms with Crippen LogP contribution in [0.2, 0.25) is 0 Å². The fourth-order valence-electron chi connectivity index (χ4n) is 3.13. The lowest BCUT2D eigenvalue weighted by molar-refractivity contribution is 0.0941. The maximum absolute atomic E-state index is 12.7. The molecule has 4 rings (SSSR count). The van der Waals surface area contributed by atoms with E-state index in [9.17, 15) is 13.2 Å².